The molecule has 0 aromatic heterocycles. The zero-order chi connectivity index (χ0) is 9.26. The number of rotatable bonds is 0. The summed E-state index contributed by atoms with van der Waals surface area (Å²) in [6.07, 6.45) is 6.38. The van der Waals surface area contributed by atoms with Gasteiger partial charge in [-0.05, 0) is 24.6 Å². The maximum Gasteiger partial charge on any atom is 0.0483 e. The molecule has 0 aliphatic carbocycles. The van der Waals surface area contributed by atoms with Gasteiger partial charge in [-0.3, -0.25) is 0 Å². The summed E-state index contributed by atoms with van der Waals surface area (Å²) in [6.45, 7) is 2.07. The van der Waals surface area contributed by atoms with Gasteiger partial charge in [0.25, 0.3) is 0 Å². The van der Waals surface area contributed by atoms with Gasteiger partial charge in [-0.25, -0.2) is 0 Å². The van der Waals surface area contributed by atoms with Gasteiger partial charge in [0, 0.05) is 24.5 Å². The highest BCUT2D eigenvalue weighted by Crippen LogP contribution is 2.31. The smallest absolute Gasteiger partial charge is 0.0483 e. The highest BCUT2D eigenvalue weighted by atomic mass is 15.1. The highest BCUT2D eigenvalue weighted by molar-refractivity contribution is 5.85. The number of para-hydroxylation sites is 1. The number of hydrogen-bond donors (Lipinski definition) is 0. The highest BCUT2D eigenvalue weighted by Gasteiger charge is 2.10. The van der Waals surface area contributed by atoms with Gasteiger partial charge in [-0.1, -0.05) is 24.3 Å². The molecule has 0 fully saturated rings. The van der Waals surface area contributed by atoms with Gasteiger partial charge in [0.05, 0.1) is 0 Å². The maximum absolute atomic E-state index is 2.16. The van der Waals surface area contributed by atoms with Crippen LogP contribution in [0.1, 0.15) is 12.5 Å². The normalized spacial score (nSPS) is 17.7. The minimum absolute atomic E-state index is 1.28. The lowest BCUT2D eigenvalue weighted by Crippen LogP contribution is -2.13. The molecule has 0 N–H and O–H groups in total. The Morgan fingerprint density at radius 1 is 1.23 bits per heavy atom. The van der Waals surface area contributed by atoms with Crippen LogP contribution < -0.4 is 4.90 Å². The Kier molecular flexibility index (Phi) is 1.93. The molecule has 0 unspecified atom stereocenters. The molecule has 0 saturated heterocycles. The molecule has 0 radical (unpaired) electrons. The first-order valence-electron chi connectivity index (χ1n) is 4.49. The molecule has 2 rings (SSSR count). The van der Waals surface area contributed by atoms with Crippen LogP contribution in [0.4, 0.5) is 5.69 Å². The van der Waals surface area contributed by atoms with E-state index >= 15 is 0 Å². The van der Waals surface area contributed by atoms with Crippen LogP contribution >= 0.6 is 0 Å². The second-order valence-corrected chi connectivity index (χ2v) is 3.19. The monoisotopic (exact) mass is 171 g/mol. The van der Waals surface area contributed by atoms with E-state index in [1.165, 1.54) is 16.8 Å². The number of hydrogen-bond acceptors (Lipinski definition) is 1. The van der Waals surface area contributed by atoms with Crippen molar-refractivity contribution in [3.63, 3.8) is 0 Å². The second kappa shape index (κ2) is 3.09. The molecule has 0 atom stereocenters. The van der Waals surface area contributed by atoms with Crippen LogP contribution in [0.3, 0.4) is 0 Å². The third kappa shape index (κ3) is 1.26. The van der Waals surface area contributed by atoms with E-state index in [-0.39, 0.29) is 0 Å². The van der Waals surface area contributed by atoms with Gasteiger partial charge >= 0.3 is 0 Å². The lowest BCUT2D eigenvalue weighted by atomic mass is 10.0. The number of nitrogens with zero attached hydrogens (tertiary/aromatic N) is 1. The molecule has 0 amide bonds. The van der Waals surface area contributed by atoms with Crippen molar-refractivity contribution in [2.45, 2.75) is 6.92 Å². The van der Waals surface area contributed by atoms with Crippen LogP contribution in [0.2, 0.25) is 0 Å². The van der Waals surface area contributed by atoms with Crippen LogP contribution in [0.15, 0.2) is 42.6 Å². The summed E-state index contributed by atoms with van der Waals surface area (Å²) in [4.78, 5) is 2.14. The molecule has 1 aromatic carbocycles. The molecule has 13 heavy (non-hydrogen) atoms. The summed E-state index contributed by atoms with van der Waals surface area (Å²) in [7, 11) is 2.07. The standard InChI is InChI=1S/C12H13N/c1-3-10-8-9-13(2)12-7-5-4-6-11(10)12/h3-9H,1-2H3/b10-3+. The largest absolute Gasteiger partial charge is 0.351 e. The number of allylic oxidation sites excluding steroid dienone is 3. The number of benzene rings is 1. The van der Waals surface area contributed by atoms with E-state index in [1.54, 1.807) is 0 Å². The summed E-state index contributed by atoms with van der Waals surface area (Å²) in [5.74, 6) is 0. The van der Waals surface area contributed by atoms with Crippen molar-refractivity contribution in [2.75, 3.05) is 11.9 Å². The average Bonchev–Trinajstić information content (AvgIpc) is 2.19. The van der Waals surface area contributed by atoms with Crippen molar-refractivity contribution in [2.24, 2.45) is 0 Å². The Bertz CT molecular complexity index is 374. The molecule has 1 aliphatic rings. The summed E-state index contributed by atoms with van der Waals surface area (Å²) >= 11 is 0. The minimum Gasteiger partial charge on any atom is -0.351 e. The third-order valence-electron chi connectivity index (χ3n) is 2.38. The van der Waals surface area contributed by atoms with Crippen molar-refractivity contribution < 1.29 is 0 Å². The van der Waals surface area contributed by atoms with E-state index < -0.39 is 0 Å². The lowest BCUT2D eigenvalue weighted by molar-refractivity contribution is 1.18. The second-order valence-electron chi connectivity index (χ2n) is 3.19. The Morgan fingerprint density at radius 3 is 2.77 bits per heavy atom. The molecule has 1 nitrogen and oxygen atoms in total. The number of fused-ring (bicyclic) bond motifs is 1. The van der Waals surface area contributed by atoms with Gasteiger partial charge in [-0.2, -0.15) is 0 Å². The van der Waals surface area contributed by atoms with Crippen molar-refractivity contribution in [1.82, 2.24) is 0 Å². The Labute approximate surface area is 79.0 Å². The van der Waals surface area contributed by atoms with E-state index in [4.69, 9.17) is 0 Å². The van der Waals surface area contributed by atoms with Gasteiger partial charge in [-0.15, -0.1) is 0 Å². The zero-order valence-electron chi connectivity index (χ0n) is 7.99. The van der Waals surface area contributed by atoms with Crippen molar-refractivity contribution >= 4 is 11.3 Å². The zero-order valence-corrected chi connectivity index (χ0v) is 7.99. The van der Waals surface area contributed by atoms with Crippen LogP contribution in [-0.2, 0) is 0 Å². The van der Waals surface area contributed by atoms with Gasteiger partial charge in [0.15, 0.2) is 0 Å². The topological polar surface area (TPSA) is 3.24 Å². The fourth-order valence-corrected chi connectivity index (χ4v) is 1.64. The Morgan fingerprint density at radius 2 is 2.00 bits per heavy atom. The average molecular weight is 171 g/mol. The molecule has 0 spiro atoms. The van der Waals surface area contributed by atoms with Crippen molar-refractivity contribution in [3.8, 4) is 0 Å². The van der Waals surface area contributed by atoms with E-state index in [0.29, 0.717) is 0 Å². The molecular weight excluding hydrogens is 158 g/mol. The van der Waals surface area contributed by atoms with E-state index in [1.807, 2.05) is 0 Å². The molecule has 66 valence electrons. The fourth-order valence-electron chi connectivity index (χ4n) is 1.64. The summed E-state index contributed by atoms with van der Waals surface area (Å²) in [6, 6.07) is 8.45. The quantitative estimate of drug-likeness (QED) is 0.580. The summed E-state index contributed by atoms with van der Waals surface area (Å²) < 4.78 is 0. The first kappa shape index (κ1) is 8.11. The van der Waals surface area contributed by atoms with Crippen molar-refractivity contribution in [3.05, 3.63) is 48.2 Å². The first-order valence-corrected chi connectivity index (χ1v) is 4.49. The van der Waals surface area contributed by atoms with E-state index in [9.17, 15) is 0 Å². The Balaban J connectivity index is 2.61. The summed E-state index contributed by atoms with van der Waals surface area (Å²) in [5, 5.41) is 0. The van der Waals surface area contributed by atoms with Crippen LogP contribution in [0.25, 0.3) is 5.57 Å². The van der Waals surface area contributed by atoms with Crippen LogP contribution in [-0.4, -0.2) is 7.05 Å². The fraction of sp³-hybridized carbons (Fsp3) is 0.167. The lowest BCUT2D eigenvalue weighted by Gasteiger charge is -2.23. The SMILES string of the molecule is C/C=C1\C=CN(C)c2ccccc21. The van der Waals surface area contributed by atoms with Gasteiger partial charge in [0.2, 0.25) is 0 Å². The Hall–Kier alpha value is -1.50. The molecule has 1 aromatic rings. The van der Waals surface area contributed by atoms with E-state index in [2.05, 4.69) is 61.5 Å². The van der Waals surface area contributed by atoms with Gasteiger partial charge in [0.1, 0.15) is 0 Å². The van der Waals surface area contributed by atoms with Gasteiger partial charge < -0.3 is 4.90 Å². The van der Waals surface area contributed by atoms with E-state index in [0.717, 1.165) is 0 Å². The molecule has 1 aliphatic heterocycles. The van der Waals surface area contributed by atoms with Crippen molar-refractivity contribution in [1.29, 1.82) is 0 Å². The maximum atomic E-state index is 2.16. The molecule has 1 heterocycles. The molecule has 0 saturated carbocycles. The third-order valence-corrected chi connectivity index (χ3v) is 2.38. The predicted molar refractivity (Wildman–Crippen MR) is 57.6 cm³/mol. The van der Waals surface area contributed by atoms with Crippen LogP contribution in [0, 0.1) is 0 Å². The predicted octanol–water partition coefficient (Wildman–Crippen LogP) is 3.05. The molecule has 1 heteroatoms. The summed E-state index contributed by atoms with van der Waals surface area (Å²) in [5.41, 5.74) is 3.89. The first-order chi connectivity index (χ1) is 6.33. The van der Waals surface area contributed by atoms with Crippen LogP contribution in [0.5, 0.6) is 0 Å². The molecular formula is C12H13N. The number of anilines is 1. The molecule has 0 bridgehead atoms. The minimum atomic E-state index is 1.28.